The minimum Gasteiger partial charge on any atom is -0.362 e. The lowest BCUT2D eigenvalue weighted by Crippen LogP contribution is -2.43. The minimum atomic E-state index is 0.184. The van der Waals surface area contributed by atoms with Gasteiger partial charge in [0.15, 0.2) is 0 Å². The van der Waals surface area contributed by atoms with Crippen LogP contribution in [0.4, 0.5) is 5.69 Å². The van der Waals surface area contributed by atoms with Crippen molar-refractivity contribution in [3.8, 4) is 0 Å². The Morgan fingerprint density at radius 3 is 2.78 bits per heavy atom. The summed E-state index contributed by atoms with van der Waals surface area (Å²) in [6.45, 7) is 1.57. The second-order valence-corrected chi connectivity index (χ2v) is 4.64. The molecule has 2 N–H and O–H groups in total. The van der Waals surface area contributed by atoms with Crippen molar-refractivity contribution < 1.29 is 0 Å². The number of aromatic nitrogens is 2. The highest BCUT2D eigenvalue weighted by Crippen LogP contribution is 2.27. The van der Waals surface area contributed by atoms with Gasteiger partial charge in [0.2, 0.25) is 0 Å². The van der Waals surface area contributed by atoms with Crippen molar-refractivity contribution in [3.63, 3.8) is 0 Å². The average molecular weight is 240 g/mol. The van der Waals surface area contributed by atoms with Gasteiger partial charge in [0.1, 0.15) is 5.82 Å². The van der Waals surface area contributed by atoms with Gasteiger partial charge in [0, 0.05) is 30.7 Å². The van der Waals surface area contributed by atoms with Gasteiger partial charge in [-0.15, -0.1) is 0 Å². The fraction of sp³-hybridized carbons (Fsp3) is 0.286. The Morgan fingerprint density at radius 2 is 1.94 bits per heavy atom. The third kappa shape index (κ3) is 2.19. The zero-order valence-corrected chi connectivity index (χ0v) is 10.2. The lowest BCUT2D eigenvalue weighted by molar-refractivity contribution is 0.591. The van der Waals surface area contributed by atoms with Crippen LogP contribution in [-0.4, -0.2) is 22.6 Å². The van der Waals surface area contributed by atoms with E-state index in [2.05, 4.69) is 39.1 Å². The van der Waals surface area contributed by atoms with Crippen LogP contribution in [0, 0.1) is 0 Å². The Labute approximate surface area is 106 Å². The topological polar surface area (TPSA) is 55.0 Å². The van der Waals surface area contributed by atoms with Crippen molar-refractivity contribution in [2.45, 2.75) is 19.0 Å². The van der Waals surface area contributed by atoms with E-state index in [0.717, 1.165) is 18.8 Å². The lowest BCUT2D eigenvalue weighted by Gasteiger charge is -2.34. The quantitative estimate of drug-likeness (QED) is 0.861. The maximum atomic E-state index is 6.11. The molecule has 0 aliphatic carbocycles. The maximum absolute atomic E-state index is 6.11. The molecule has 92 valence electrons. The molecule has 4 nitrogen and oxygen atoms in total. The van der Waals surface area contributed by atoms with Crippen molar-refractivity contribution in [2.24, 2.45) is 5.73 Å². The summed E-state index contributed by atoms with van der Waals surface area (Å²) in [7, 11) is 0. The second-order valence-electron chi connectivity index (χ2n) is 4.64. The molecule has 0 amide bonds. The molecule has 2 aromatic rings. The van der Waals surface area contributed by atoms with Crippen molar-refractivity contribution >= 4 is 5.69 Å². The van der Waals surface area contributed by atoms with Gasteiger partial charge in [-0.2, -0.15) is 0 Å². The second kappa shape index (κ2) is 4.74. The Bertz CT molecular complexity index is 526. The van der Waals surface area contributed by atoms with Gasteiger partial charge in [-0.3, -0.25) is 0 Å². The summed E-state index contributed by atoms with van der Waals surface area (Å²) < 4.78 is 0. The molecule has 0 saturated heterocycles. The summed E-state index contributed by atoms with van der Waals surface area (Å²) >= 11 is 0. The number of nitrogens with two attached hydrogens (primary N) is 1. The third-order valence-electron chi connectivity index (χ3n) is 3.22. The largest absolute Gasteiger partial charge is 0.362 e. The van der Waals surface area contributed by atoms with Crippen LogP contribution in [-0.2, 0) is 13.0 Å². The van der Waals surface area contributed by atoms with Crippen molar-refractivity contribution in [1.82, 2.24) is 9.97 Å². The van der Waals surface area contributed by atoms with Gasteiger partial charge in [-0.1, -0.05) is 18.2 Å². The Morgan fingerprint density at radius 1 is 1.17 bits per heavy atom. The Balaban J connectivity index is 1.89. The number of rotatable bonds is 2. The van der Waals surface area contributed by atoms with Gasteiger partial charge in [0.05, 0.1) is 6.54 Å². The lowest BCUT2D eigenvalue weighted by atomic mass is 9.98. The standard InChI is InChI=1S/C14H16N4/c15-12-8-11-4-1-2-5-13(11)18(9-12)10-14-16-6-3-7-17-14/h1-7,12H,8-10,15H2. The van der Waals surface area contributed by atoms with Gasteiger partial charge >= 0.3 is 0 Å². The monoisotopic (exact) mass is 240 g/mol. The van der Waals surface area contributed by atoms with Crippen LogP contribution in [0.1, 0.15) is 11.4 Å². The molecule has 18 heavy (non-hydrogen) atoms. The summed E-state index contributed by atoms with van der Waals surface area (Å²) in [5.74, 6) is 0.835. The van der Waals surface area contributed by atoms with Gasteiger partial charge in [-0.05, 0) is 24.1 Å². The molecule has 0 spiro atoms. The summed E-state index contributed by atoms with van der Waals surface area (Å²) in [6, 6.07) is 10.4. The van der Waals surface area contributed by atoms with E-state index in [0.29, 0.717) is 6.54 Å². The first-order chi connectivity index (χ1) is 8.83. The van der Waals surface area contributed by atoms with E-state index in [1.165, 1.54) is 11.3 Å². The first kappa shape index (κ1) is 11.2. The molecule has 3 rings (SSSR count). The van der Waals surface area contributed by atoms with E-state index in [1.54, 1.807) is 12.4 Å². The molecule has 1 aliphatic rings. The summed E-state index contributed by atoms with van der Waals surface area (Å²) in [6.07, 6.45) is 4.50. The summed E-state index contributed by atoms with van der Waals surface area (Å²) in [4.78, 5) is 10.8. The Kier molecular flexibility index (Phi) is 2.94. The number of hydrogen-bond donors (Lipinski definition) is 1. The number of nitrogens with zero attached hydrogens (tertiary/aromatic N) is 3. The van der Waals surface area contributed by atoms with E-state index in [-0.39, 0.29) is 6.04 Å². The van der Waals surface area contributed by atoms with Crippen molar-refractivity contribution in [3.05, 3.63) is 54.1 Å². The Hall–Kier alpha value is -1.94. The number of benzene rings is 1. The summed E-state index contributed by atoms with van der Waals surface area (Å²) in [5.41, 5.74) is 8.68. The predicted molar refractivity (Wildman–Crippen MR) is 71.2 cm³/mol. The molecule has 0 saturated carbocycles. The first-order valence-electron chi connectivity index (χ1n) is 6.17. The molecule has 0 fully saturated rings. The van der Waals surface area contributed by atoms with Crippen LogP contribution in [0.3, 0.4) is 0 Å². The van der Waals surface area contributed by atoms with Crippen LogP contribution in [0.15, 0.2) is 42.7 Å². The fourth-order valence-electron chi connectivity index (χ4n) is 2.45. The highest BCUT2D eigenvalue weighted by atomic mass is 15.2. The van der Waals surface area contributed by atoms with E-state index in [4.69, 9.17) is 5.73 Å². The smallest absolute Gasteiger partial charge is 0.147 e. The maximum Gasteiger partial charge on any atom is 0.147 e. The first-order valence-corrected chi connectivity index (χ1v) is 6.17. The molecule has 1 aromatic carbocycles. The van der Waals surface area contributed by atoms with Gasteiger partial charge < -0.3 is 10.6 Å². The van der Waals surface area contributed by atoms with Gasteiger partial charge in [-0.25, -0.2) is 9.97 Å². The van der Waals surface area contributed by atoms with Crippen LogP contribution in [0.25, 0.3) is 0 Å². The highest BCUT2D eigenvalue weighted by molar-refractivity contribution is 5.56. The van der Waals surface area contributed by atoms with Crippen molar-refractivity contribution in [1.29, 1.82) is 0 Å². The molecule has 1 unspecified atom stereocenters. The molecule has 1 aromatic heterocycles. The highest BCUT2D eigenvalue weighted by Gasteiger charge is 2.22. The molecule has 1 aliphatic heterocycles. The van der Waals surface area contributed by atoms with Crippen LogP contribution < -0.4 is 10.6 Å². The summed E-state index contributed by atoms with van der Waals surface area (Å²) in [5, 5.41) is 0. The minimum absolute atomic E-state index is 0.184. The molecular formula is C14H16N4. The van der Waals surface area contributed by atoms with Crippen molar-refractivity contribution in [2.75, 3.05) is 11.4 Å². The van der Waals surface area contributed by atoms with E-state index < -0.39 is 0 Å². The van der Waals surface area contributed by atoms with Crippen LogP contribution in [0.5, 0.6) is 0 Å². The SMILES string of the molecule is NC1Cc2ccccc2N(Cc2ncccn2)C1. The molecule has 0 radical (unpaired) electrons. The number of para-hydroxylation sites is 1. The normalized spacial score (nSPS) is 18.5. The molecule has 4 heteroatoms. The fourth-order valence-corrected chi connectivity index (χ4v) is 2.45. The van der Waals surface area contributed by atoms with E-state index in [9.17, 15) is 0 Å². The van der Waals surface area contributed by atoms with Gasteiger partial charge in [0.25, 0.3) is 0 Å². The number of anilines is 1. The predicted octanol–water partition coefficient (Wildman–Crippen LogP) is 1.37. The van der Waals surface area contributed by atoms with Crippen LogP contribution in [0.2, 0.25) is 0 Å². The number of hydrogen-bond acceptors (Lipinski definition) is 4. The molecular weight excluding hydrogens is 224 g/mol. The van der Waals surface area contributed by atoms with E-state index >= 15 is 0 Å². The van der Waals surface area contributed by atoms with E-state index in [1.807, 2.05) is 6.07 Å². The third-order valence-corrected chi connectivity index (χ3v) is 3.22. The zero-order chi connectivity index (χ0) is 12.4. The van der Waals surface area contributed by atoms with Crippen LogP contribution >= 0.6 is 0 Å². The number of fused-ring (bicyclic) bond motifs is 1. The molecule has 0 bridgehead atoms. The average Bonchev–Trinajstić information content (AvgIpc) is 2.40. The molecule has 2 heterocycles. The zero-order valence-electron chi connectivity index (χ0n) is 10.2. The molecule has 1 atom stereocenters.